The Morgan fingerprint density at radius 2 is 2.33 bits per heavy atom. The maximum atomic E-state index is 10.3. The third-order valence-corrected chi connectivity index (χ3v) is 2.63. The van der Waals surface area contributed by atoms with Crippen LogP contribution in [0.3, 0.4) is 0 Å². The molecule has 0 aliphatic heterocycles. The Hall–Kier alpha value is 0.600. The summed E-state index contributed by atoms with van der Waals surface area (Å²) >= 11 is 12.2. The van der Waals surface area contributed by atoms with E-state index in [-0.39, 0.29) is 10.5 Å². The summed E-state index contributed by atoms with van der Waals surface area (Å²) in [5.74, 6) is 1.02. The SMILES string of the molecule is CC(=O)SCC(Cl)CCl. The summed E-state index contributed by atoms with van der Waals surface area (Å²) in [4.78, 5) is 10.3. The Labute approximate surface area is 69.1 Å². The minimum atomic E-state index is -0.0828. The predicted octanol–water partition coefficient (Wildman–Crippen LogP) is 2.11. The summed E-state index contributed by atoms with van der Waals surface area (Å²) in [6, 6.07) is 0. The lowest BCUT2D eigenvalue weighted by molar-refractivity contribution is -0.109. The molecule has 0 radical (unpaired) electrons. The quantitative estimate of drug-likeness (QED) is 0.629. The van der Waals surface area contributed by atoms with Crippen LogP contribution < -0.4 is 0 Å². The van der Waals surface area contributed by atoms with Crippen molar-refractivity contribution >= 4 is 40.1 Å². The van der Waals surface area contributed by atoms with E-state index in [9.17, 15) is 4.79 Å². The van der Waals surface area contributed by atoms with Gasteiger partial charge in [0.1, 0.15) is 0 Å². The highest BCUT2D eigenvalue weighted by Crippen LogP contribution is 2.09. The molecule has 0 aromatic heterocycles. The second kappa shape index (κ2) is 5.39. The number of carbonyl (C=O) groups is 1. The zero-order valence-corrected chi connectivity index (χ0v) is 7.39. The van der Waals surface area contributed by atoms with Crippen molar-refractivity contribution in [2.24, 2.45) is 0 Å². The van der Waals surface area contributed by atoms with E-state index in [0.717, 1.165) is 0 Å². The van der Waals surface area contributed by atoms with Crippen LogP contribution in [0, 0.1) is 0 Å². The summed E-state index contributed by atoms with van der Waals surface area (Å²) < 4.78 is 0. The van der Waals surface area contributed by atoms with Crippen LogP contribution in [0.2, 0.25) is 0 Å². The third kappa shape index (κ3) is 6.49. The summed E-state index contributed by atoms with van der Waals surface area (Å²) in [5, 5.41) is 0.00586. The molecule has 0 aromatic rings. The molecule has 4 heteroatoms. The molecule has 0 N–H and O–H groups in total. The molecule has 0 aliphatic rings. The van der Waals surface area contributed by atoms with Crippen molar-refractivity contribution in [2.75, 3.05) is 11.6 Å². The lowest BCUT2D eigenvalue weighted by Gasteiger charge is -1.99. The first kappa shape index (κ1) is 9.60. The molecule has 0 aromatic carbocycles. The molecule has 1 unspecified atom stereocenters. The number of rotatable bonds is 3. The van der Waals surface area contributed by atoms with E-state index in [2.05, 4.69) is 0 Å². The van der Waals surface area contributed by atoms with Crippen LogP contribution >= 0.6 is 35.0 Å². The lowest BCUT2D eigenvalue weighted by atomic mass is 10.6. The summed E-state index contributed by atoms with van der Waals surface area (Å²) in [7, 11) is 0. The molecule has 0 fully saturated rings. The number of alkyl halides is 2. The average molecular weight is 187 g/mol. The molecule has 1 atom stereocenters. The van der Waals surface area contributed by atoms with Crippen molar-refractivity contribution in [1.82, 2.24) is 0 Å². The molecule has 1 nitrogen and oxygen atoms in total. The Morgan fingerprint density at radius 3 is 2.67 bits per heavy atom. The van der Waals surface area contributed by atoms with Gasteiger partial charge in [0.05, 0.1) is 5.38 Å². The van der Waals surface area contributed by atoms with Gasteiger partial charge in [-0.2, -0.15) is 0 Å². The van der Waals surface area contributed by atoms with Crippen LogP contribution in [0.4, 0.5) is 0 Å². The van der Waals surface area contributed by atoms with E-state index in [4.69, 9.17) is 23.2 Å². The Balaban J connectivity index is 3.16. The first-order chi connectivity index (χ1) is 4.16. The van der Waals surface area contributed by atoms with Crippen molar-refractivity contribution in [3.05, 3.63) is 0 Å². The van der Waals surface area contributed by atoms with Crippen LogP contribution in [0.5, 0.6) is 0 Å². The molecule has 9 heavy (non-hydrogen) atoms. The number of halogens is 2. The molecule has 0 spiro atoms. The standard InChI is InChI=1S/C5H8Cl2OS/c1-4(8)9-3-5(7)2-6/h5H,2-3H2,1H3. The highest BCUT2D eigenvalue weighted by Gasteiger charge is 2.03. The van der Waals surface area contributed by atoms with Crippen molar-refractivity contribution in [2.45, 2.75) is 12.3 Å². The van der Waals surface area contributed by atoms with Gasteiger partial charge in [-0.1, -0.05) is 11.8 Å². The van der Waals surface area contributed by atoms with E-state index in [1.54, 1.807) is 0 Å². The molecule has 0 rings (SSSR count). The van der Waals surface area contributed by atoms with Gasteiger partial charge in [0.15, 0.2) is 5.12 Å². The summed E-state index contributed by atoms with van der Waals surface area (Å²) in [6.45, 7) is 1.52. The number of hydrogen-bond donors (Lipinski definition) is 0. The molecule has 0 saturated heterocycles. The molecular formula is C5H8Cl2OS. The average Bonchev–Trinajstić information content (AvgIpc) is 1.83. The topological polar surface area (TPSA) is 17.1 Å². The van der Waals surface area contributed by atoms with Gasteiger partial charge in [-0.25, -0.2) is 0 Å². The van der Waals surface area contributed by atoms with Crippen molar-refractivity contribution in [3.63, 3.8) is 0 Å². The highest BCUT2D eigenvalue weighted by atomic mass is 35.5. The number of carbonyl (C=O) groups excluding carboxylic acids is 1. The van der Waals surface area contributed by atoms with Gasteiger partial charge in [0, 0.05) is 18.6 Å². The minimum Gasteiger partial charge on any atom is -0.288 e. The van der Waals surface area contributed by atoms with E-state index in [1.807, 2.05) is 0 Å². The second-order valence-electron chi connectivity index (χ2n) is 1.55. The smallest absolute Gasteiger partial charge is 0.185 e. The fourth-order valence-corrected chi connectivity index (χ4v) is 1.21. The minimum absolute atomic E-state index is 0.0828. The third-order valence-electron chi connectivity index (χ3n) is 0.635. The predicted molar refractivity (Wildman–Crippen MR) is 43.5 cm³/mol. The largest absolute Gasteiger partial charge is 0.288 e. The summed E-state index contributed by atoms with van der Waals surface area (Å²) in [6.07, 6.45) is 0. The number of hydrogen-bond acceptors (Lipinski definition) is 2. The summed E-state index contributed by atoms with van der Waals surface area (Å²) in [5.41, 5.74) is 0. The lowest BCUT2D eigenvalue weighted by Crippen LogP contribution is -2.04. The molecule has 0 aliphatic carbocycles. The Kier molecular flexibility index (Phi) is 5.75. The van der Waals surface area contributed by atoms with E-state index < -0.39 is 0 Å². The van der Waals surface area contributed by atoms with Gasteiger partial charge in [-0.15, -0.1) is 23.2 Å². The van der Waals surface area contributed by atoms with E-state index >= 15 is 0 Å². The molecule has 0 saturated carbocycles. The van der Waals surface area contributed by atoms with Crippen LogP contribution in [-0.4, -0.2) is 22.1 Å². The Morgan fingerprint density at radius 1 is 1.78 bits per heavy atom. The first-order valence-corrected chi connectivity index (χ1v) is 4.46. The molecule has 54 valence electrons. The van der Waals surface area contributed by atoms with Crippen LogP contribution in [-0.2, 0) is 4.79 Å². The van der Waals surface area contributed by atoms with Crippen LogP contribution in [0.15, 0.2) is 0 Å². The van der Waals surface area contributed by atoms with Gasteiger partial charge >= 0.3 is 0 Å². The maximum Gasteiger partial charge on any atom is 0.185 e. The first-order valence-electron chi connectivity index (χ1n) is 2.50. The molecule has 0 amide bonds. The normalized spacial score (nSPS) is 13.2. The molecule has 0 bridgehead atoms. The van der Waals surface area contributed by atoms with Gasteiger partial charge in [-0.05, 0) is 0 Å². The molecule has 0 heterocycles. The number of thioether (sulfide) groups is 1. The van der Waals surface area contributed by atoms with Gasteiger partial charge in [-0.3, -0.25) is 4.79 Å². The van der Waals surface area contributed by atoms with Crippen LogP contribution in [0.1, 0.15) is 6.92 Å². The molecular weight excluding hydrogens is 179 g/mol. The van der Waals surface area contributed by atoms with Crippen LogP contribution in [0.25, 0.3) is 0 Å². The fourth-order valence-electron chi connectivity index (χ4n) is 0.252. The van der Waals surface area contributed by atoms with Crippen molar-refractivity contribution in [3.8, 4) is 0 Å². The zero-order chi connectivity index (χ0) is 7.28. The fraction of sp³-hybridized carbons (Fsp3) is 0.800. The zero-order valence-electron chi connectivity index (χ0n) is 5.06. The monoisotopic (exact) mass is 186 g/mol. The van der Waals surface area contributed by atoms with Crippen molar-refractivity contribution in [1.29, 1.82) is 0 Å². The Bertz CT molecular complexity index is 97.0. The van der Waals surface area contributed by atoms with Gasteiger partial charge in [0.2, 0.25) is 0 Å². The van der Waals surface area contributed by atoms with E-state index in [0.29, 0.717) is 11.6 Å². The van der Waals surface area contributed by atoms with Gasteiger partial charge in [0.25, 0.3) is 0 Å². The highest BCUT2D eigenvalue weighted by molar-refractivity contribution is 8.13. The van der Waals surface area contributed by atoms with Gasteiger partial charge < -0.3 is 0 Å². The van der Waals surface area contributed by atoms with E-state index in [1.165, 1.54) is 18.7 Å². The van der Waals surface area contributed by atoms with Crippen molar-refractivity contribution < 1.29 is 4.79 Å². The second-order valence-corrected chi connectivity index (χ2v) is 3.68. The maximum absolute atomic E-state index is 10.3.